The number of nitrogens with zero attached hydrogens (tertiary/aromatic N) is 2. The van der Waals surface area contributed by atoms with E-state index in [0.717, 1.165) is 30.8 Å². The molecule has 0 aliphatic carbocycles. The fraction of sp³-hybridized carbons (Fsp3) is 0.600. The lowest BCUT2D eigenvalue weighted by atomic mass is 10.1. The Balaban J connectivity index is 0.00000320. The number of halogens is 2. The molecular weight excluding hydrogens is 523 g/mol. The van der Waals surface area contributed by atoms with Crippen molar-refractivity contribution in [3.63, 3.8) is 0 Å². The lowest BCUT2D eigenvalue weighted by Crippen LogP contribution is -2.50. The second-order valence-electron chi connectivity index (χ2n) is 6.96. The third-order valence-corrected chi connectivity index (χ3v) is 5.23. The van der Waals surface area contributed by atoms with Crippen LogP contribution in [0.2, 0.25) is 5.02 Å². The molecule has 168 valence electrons. The van der Waals surface area contributed by atoms with Crippen LogP contribution < -0.4 is 20.1 Å². The topological polar surface area (TPSA) is 84.4 Å². The number of aliphatic imine (C=N–C) groups is 1. The summed E-state index contributed by atoms with van der Waals surface area (Å²) < 4.78 is 16.2. The first-order chi connectivity index (χ1) is 14.1. The predicted molar refractivity (Wildman–Crippen MR) is 128 cm³/mol. The van der Waals surface area contributed by atoms with Crippen molar-refractivity contribution in [2.24, 2.45) is 4.99 Å². The molecule has 10 heteroatoms. The van der Waals surface area contributed by atoms with Crippen LogP contribution in [0.5, 0.6) is 11.5 Å². The molecule has 1 fully saturated rings. The Morgan fingerprint density at radius 2 is 2.03 bits per heavy atom. The van der Waals surface area contributed by atoms with Gasteiger partial charge in [0.1, 0.15) is 13.2 Å². The van der Waals surface area contributed by atoms with Gasteiger partial charge in [-0.3, -0.25) is 4.99 Å². The van der Waals surface area contributed by atoms with Gasteiger partial charge in [-0.25, -0.2) is 4.79 Å². The van der Waals surface area contributed by atoms with Crippen LogP contribution in [-0.4, -0.2) is 69.5 Å². The number of carbonyl (C=O) groups excluding carboxylic acids is 1. The summed E-state index contributed by atoms with van der Waals surface area (Å²) in [7, 11) is 1.75. The van der Waals surface area contributed by atoms with Crippen molar-refractivity contribution in [2.75, 3.05) is 46.5 Å². The molecular formula is C20H30ClIN4O4. The molecule has 1 aromatic carbocycles. The third-order valence-electron chi connectivity index (χ3n) is 4.95. The quantitative estimate of drug-likeness (QED) is 0.332. The van der Waals surface area contributed by atoms with E-state index in [2.05, 4.69) is 15.6 Å². The molecule has 1 saturated heterocycles. The number of fused-ring (bicyclic) bond motifs is 1. The summed E-state index contributed by atoms with van der Waals surface area (Å²) in [5, 5.41) is 7.35. The van der Waals surface area contributed by atoms with E-state index >= 15 is 0 Å². The number of guanidine groups is 1. The summed E-state index contributed by atoms with van der Waals surface area (Å²) in [5.41, 5.74) is 1.07. The van der Waals surface area contributed by atoms with Crippen LogP contribution in [-0.2, 0) is 11.2 Å². The van der Waals surface area contributed by atoms with Gasteiger partial charge >= 0.3 is 6.09 Å². The highest BCUT2D eigenvalue weighted by Gasteiger charge is 2.24. The Bertz CT molecular complexity index is 742. The number of amides is 1. The van der Waals surface area contributed by atoms with E-state index < -0.39 is 0 Å². The largest absolute Gasteiger partial charge is 0.486 e. The highest BCUT2D eigenvalue weighted by atomic mass is 127. The van der Waals surface area contributed by atoms with Gasteiger partial charge in [0.05, 0.1) is 11.6 Å². The van der Waals surface area contributed by atoms with E-state index in [1.807, 2.05) is 19.1 Å². The Hall–Kier alpha value is -1.62. The van der Waals surface area contributed by atoms with Crippen molar-refractivity contribution in [3.8, 4) is 11.5 Å². The minimum absolute atomic E-state index is 0. The number of piperidine rings is 1. The van der Waals surface area contributed by atoms with Gasteiger partial charge in [-0.1, -0.05) is 11.6 Å². The molecule has 2 N–H and O–H groups in total. The molecule has 2 aliphatic rings. The van der Waals surface area contributed by atoms with Gasteiger partial charge in [-0.05, 0) is 43.9 Å². The normalized spacial score (nSPS) is 16.5. The van der Waals surface area contributed by atoms with Gasteiger partial charge in [-0.15, -0.1) is 24.0 Å². The van der Waals surface area contributed by atoms with Gasteiger partial charge in [0.15, 0.2) is 17.5 Å². The number of rotatable bonds is 5. The fourth-order valence-corrected chi connectivity index (χ4v) is 3.73. The molecule has 8 nitrogen and oxygen atoms in total. The number of likely N-dealkylation sites (tertiary alicyclic amines) is 1. The SMILES string of the molecule is CCOC(=O)N1CCC(NC(=NC)NCCc2cc(Cl)c3c(c2)OCCO3)CC1.I. The zero-order valence-corrected chi connectivity index (χ0v) is 20.5. The standard InChI is InChI=1S/C20H29ClN4O4.HI/c1-3-27-20(26)25-8-5-15(6-9-25)24-19(22-2)23-7-4-14-12-16(21)18-17(13-14)28-10-11-29-18;/h12-13,15H,3-11H2,1-2H3,(H2,22,23,24);1H. The van der Waals surface area contributed by atoms with E-state index in [0.29, 0.717) is 56.0 Å². The van der Waals surface area contributed by atoms with Gasteiger partial charge in [0.25, 0.3) is 0 Å². The van der Waals surface area contributed by atoms with Gasteiger partial charge in [0.2, 0.25) is 0 Å². The fourth-order valence-electron chi connectivity index (χ4n) is 3.44. The summed E-state index contributed by atoms with van der Waals surface area (Å²) >= 11 is 6.30. The molecule has 0 saturated carbocycles. The average molecular weight is 553 g/mol. The van der Waals surface area contributed by atoms with Crippen molar-refractivity contribution in [1.82, 2.24) is 15.5 Å². The van der Waals surface area contributed by atoms with Crippen LogP contribution in [0.25, 0.3) is 0 Å². The van der Waals surface area contributed by atoms with Crippen LogP contribution in [0.3, 0.4) is 0 Å². The molecule has 3 rings (SSSR count). The first-order valence-corrected chi connectivity index (χ1v) is 10.5. The molecule has 0 bridgehead atoms. The third kappa shape index (κ3) is 6.69. The molecule has 1 aromatic rings. The Labute approximate surface area is 199 Å². The van der Waals surface area contributed by atoms with Crippen molar-refractivity contribution in [3.05, 3.63) is 22.7 Å². The minimum atomic E-state index is -0.230. The molecule has 0 atom stereocenters. The van der Waals surface area contributed by atoms with Crippen LogP contribution in [0.15, 0.2) is 17.1 Å². The summed E-state index contributed by atoms with van der Waals surface area (Å²) in [6.07, 6.45) is 2.26. The van der Waals surface area contributed by atoms with Gasteiger partial charge in [0, 0.05) is 32.7 Å². The molecule has 2 aliphatic heterocycles. The van der Waals surface area contributed by atoms with E-state index in [4.69, 9.17) is 25.8 Å². The maximum absolute atomic E-state index is 11.8. The van der Waals surface area contributed by atoms with Crippen LogP contribution >= 0.6 is 35.6 Å². The predicted octanol–water partition coefficient (Wildman–Crippen LogP) is 3.06. The molecule has 30 heavy (non-hydrogen) atoms. The van der Waals surface area contributed by atoms with E-state index in [9.17, 15) is 4.79 Å². The summed E-state index contributed by atoms with van der Waals surface area (Å²) in [6.45, 7) is 5.36. The number of ether oxygens (including phenoxy) is 3. The maximum atomic E-state index is 11.8. The number of benzene rings is 1. The lowest BCUT2D eigenvalue weighted by Gasteiger charge is -2.32. The summed E-state index contributed by atoms with van der Waals surface area (Å²) in [6, 6.07) is 4.16. The zero-order chi connectivity index (χ0) is 20.6. The number of hydrogen-bond donors (Lipinski definition) is 2. The average Bonchev–Trinajstić information content (AvgIpc) is 2.73. The van der Waals surface area contributed by atoms with E-state index in [-0.39, 0.29) is 36.1 Å². The van der Waals surface area contributed by atoms with Gasteiger partial charge in [-0.2, -0.15) is 0 Å². The Morgan fingerprint density at radius 1 is 1.30 bits per heavy atom. The van der Waals surface area contributed by atoms with Crippen molar-refractivity contribution in [1.29, 1.82) is 0 Å². The lowest BCUT2D eigenvalue weighted by molar-refractivity contribution is 0.0963. The van der Waals surface area contributed by atoms with Crippen LogP contribution in [0.1, 0.15) is 25.3 Å². The molecule has 0 radical (unpaired) electrons. The van der Waals surface area contributed by atoms with E-state index in [1.165, 1.54) is 0 Å². The van der Waals surface area contributed by atoms with Crippen LogP contribution in [0.4, 0.5) is 4.79 Å². The molecule has 0 aromatic heterocycles. The van der Waals surface area contributed by atoms with Crippen molar-refractivity contribution < 1.29 is 19.0 Å². The smallest absolute Gasteiger partial charge is 0.409 e. The number of carbonyl (C=O) groups is 1. The molecule has 2 heterocycles. The number of nitrogens with one attached hydrogen (secondary N) is 2. The van der Waals surface area contributed by atoms with E-state index in [1.54, 1.807) is 11.9 Å². The molecule has 0 unspecified atom stereocenters. The molecule has 0 spiro atoms. The Morgan fingerprint density at radius 3 is 2.73 bits per heavy atom. The minimum Gasteiger partial charge on any atom is -0.486 e. The van der Waals surface area contributed by atoms with Crippen LogP contribution in [0, 0.1) is 0 Å². The Kier molecular flexibility index (Phi) is 10.1. The van der Waals surface area contributed by atoms with Crippen molar-refractivity contribution >= 4 is 47.6 Å². The second-order valence-corrected chi connectivity index (χ2v) is 7.36. The summed E-state index contributed by atoms with van der Waals surface area (Å²) in [4.78, 5) is 17.9. The first kappa shape index (κ1) is 24.6. The highest BCUT2D eigenvalue weighted by molar-refractivity contribution is 14.0. The van der Waals surface area contributed by atoms with Gasteiger partial charge < -0.3 is 29.7 Å². The number of hydrogen-bond acceptors (Lipinski definition) is 5. The monoisotopic (exact) mass is 552 g/mol. The highest BCUT2D eigenvalue weighted by Crippen LogP contribution is 2.38. The second kappa shape index (κ2) is 12.3. The van der Waals surface area contributed by atoms with Crippen molar-refractivity contribution in [2.45, 2.75) is 32.2 Å². The summed E-state index contributed by atoms with van der Waals surface area (Å²) in [5.74, 6) is 2.08. The molecule has 1 amide bonds. The maximum Gasteiger partial charge on any atom is 0.409 e. The first-order valence-electron chi connectivity index (χ1n) is 10.1. The zero-order valence-electron chi connectivity index (χ0n) is 17.4.